The molecule has 0 unspecified atom stereocenters. The zero-order valence-electron chi connectivity index (χ0n) is 10.5. The van der Waals surface area contributed by atoms with E-state index in [0.717, 1.165) is 17.8 Å². The van der Waals surface area contributed by atoms with Crippen LogP contribution in [0.5, 0.6) is 0 Å². The number of primary amides is 1. The molecule has 108 valence electrons. The van der Waals surface area contributed by atoms with E-state index in [9.17, 15) is 19.7 Å². The molecule has 2 amide bonds. The second-order valence-electron chi connectivity index (χ2n) is 3.73. The summed E-state index contributed by atoms with van der Waals surface area (Å²) in [6.45, 7) is 0.673. The van der Waals surface area contributed by atoms with E-state index in [1.165, 1.54) is 12.1 Å². The summed E-state index contributed by atoms with van der Waals surface area (Å²) in [5.41, 5.74) is 10.1. The van der Waals surface area contributed by atoms with Crippen LogP contribution >= 0.6 is 11.8 Å². The summed E-state index contributed by atoms with van der Waals surface area (Å²) in [6.07, 6.45) is 0. The molecule has 0 fully saturated rings. The van der Waals surface area contributed by atoms with E-state index in [1.54, 1.807) is 0 Å². The van der Waals surface area contributed by atoms with Gasteiger partial charge in [0.15, 0.2) is 0 Å². The van der Waals surface area contributed by atoms with Crippen LogP contribution in [0.4, 0.5) is 5.69 Å². The number of nitro benzene ring substituents is 1. The summed E-state index contributed by atoms with van der Waals surface area (Å²) in [6, 6.07) is 3.89. The number of nitro groups is 1. The lowest BCUT2D eigenvalue weighted by atomic mass is 10.2. The molecule has 1 aromatic rings. The smallest absolute Gasteiger partial charge is 0.283 e. The molecule has 0 radical (unpaired) electrons. The standard InChI is InChI=1S/C11H14N4O4S/c12-3-4-14-10(16)6-20-9-2-1-7(11(13)17)5-8(9)15(18)19/h1-2,5H,3-4,6,12H2,(H2,13,17)(H,14,16). The highest BCUT2D eigenvalue weighted by Gasteiger charge is 2.17. The number of hydrogen-bond acceptors (Lipinski definition) is 6. The summed E-state index contributed by atoms with van der Waals surface area (Å²) in [4.78, 5) is 33.0. The van der Waals surface area contributed by atoms with Gasteiger partial charge in [0.2, 0.25) is 11.8 Å². The molecule has 0 spiro atoms. The van der Waals surface area contributed by atoms with Crippen molar-refractivity contribution in [3.63, 3.8) is 0 Å². The van der Waals surface area contributed by atoms with Crippen LogP contribution in [0.2, 0.25) is 0 Å². The highest BCUT2D eigenvalue weighted by Crippen LogP contribution is 2.29. The Kier molecular flexibility index (Phi) is 5.94. The minimum atomic E-state index is -0.745. The number of nitrogens with zero attached hydrogens (tertiary/aromatic N) is 1. The molecular formula is C11H14N4O4S. The van der Waals surface area contributed by atoms with Crippen molar-refractivity contribution >= 4 is 29.3 Å². The monoisotopic (exact) mass is 298 g/mol. The second kappa shape index (κ2) is 7.46. The van der Waals surface area contributed by atoms with E-state index >= 15 is 0 Å². The molecule has 8 nitrogen and oxygen atoms in total. The maximum atomic E-state index is 11.4. The van der Waals surface area contributed by atoms with E-state index in [2.05, 4.69) is 5.32 Å². The zero-order chi connectivity index (χ0) is 15.1. The third-order valence-corrected chi connectivity index (χ3v) is 3.33. The molecule has 0 aliphatic rings. The van der Waals surface area contributed by atoms with Crippen molar-refractivity contribution in [1.29, 1.82) is 0 Å². The molecule has 1 aromatic carbocycles. The van der Waals surface area contributed by atoms with Crippen LogP contribution < -0.4 is 16.8 Å². The lowest BCUT2D eigenvalue weighted by Crippen LogP contribution is -2.30. The third-order valence-electron chi connectivity index (χ3n) is 2.27. The molecule has 0 saturated carbocycles. The van der Waals surface area contributed by atoms with Crippen LogP contribution in [-0.2, 0) is 4.79 Å². The van der Waals surface area contributed by atoms with Crippen LogP contribution in [0.3, 0.4) is 0 Å². The number of rotatable bonds is 7. The number of carbonyl (C=O) groups excluding carboxylic acids is 2. The van der Waals surface area contributed by atoms with E-state index in [4.69, 9.17) is 11.5 Å². The van der Waals surface area contributed by atoms with Crippen molar-refractivity contribution in [3.8, 4) is 0 Å². The Hall–Kier alpha value is -2.13. The van der Waals surface area contributed by atoms with Gasteiger partial charge in [-0.05, 0) is 12.1 Å². The molecule has 0 aliphatic carbocycles. The first kappa shape index (κ1) is 15.9. The molecule has 0 aliphatic heterocycles. The summed E-state index contributed by atoms with van der Waals surface area (Å²) >= 11 is 1.01. The number of carbonyl (C=O) groups is 2. The summed E-state index contributed by atoms with van der Waals surface area (Å²) < 4.78 is 0. The van der Waals surface area contributed by atoms with E-state index in [-0.39, 0.29) is 22.9 Å². The van der Waals surface area contributed by atoms with Crippen molar-refractivity contribution in [1.82, 2.24) is 5.32 Å². The quantitative estimate of drug-likeness (QED) is 0.363. The van der Waals surface area contributed by atoms with Crippen molar-refractivity contribution in [2.24, 2.45) is 11.5 Å². The first-order valence-corrected chi connectivity index (χ1v) is 6.62. The number of nitrogens with two attached hydrogens (primary N) is 2. The molecule has 0 atom stereocenters. The Morgan fingerprint density at radius 1 is 1.40 bits per heavy atom. The number of amides is 2. The molecule has 5 N–H and O–H groups in total. The van der Waals surface area contributed by atoms with Crippen LogP contribution in [0.25, 0.3) is 0 Å². The fraction of sp³-hybridized carbons (Fsp3) is 0.273. The number of thioether (sulfide) groups is 1. The van der Waals surface area contributed by atoms with E-state index in [1.807, 2.05) is 0 Å². The topological polar surface area (TPSA) is 141 Å². The average molecular weight is 298 g/mol. The minimum Gasteiger partial charge on any atom is -0.366 e. The molecule has 1 rings (SSSR count). The van der Waals surface area contributed by atoms with Gasteiger partial charge in [0.25, 0.3) is 5.69 Å². The van der Waals surface area contributed by atoms with Gasteiger partial charge in [-0.1, -0.05) is 0 Å². The molecule has 9 heteroatoms. The highest BCUT2D eigenvalue weighted by atomic mass is 32.2. The van der Waals surface area contributed by atoms with Gasteiger partial charge in [-0.2, -0.15) is 0 Å². The van der Waals surface area contributed by atoms with Gasteiger partial charge < -0.3 is 16.8 Å². The van der Waals surface area contributed by atoms with E-state index < -0.39 is 10.8 Å². The fourth-order valence-electron chi connectivity index (χ4n) is 1.34. The molecule has 20 heavy (non-hydrogen) atoms. The van der Waals surface area contributed by atoms with Crippen LogP contribution in [0.1, 0.15) is 10.4 Å². The highest BCUT2D eigenvalue weighted by molar-refractivity contribution is 8.00. The van der Waals surface area contributed by atoms with Crippen molar-refractivity contribution < 1.29 is 14.5 Å². The Bertz CT molecular complexity index is 535. The molecule has 0 heterocycles. The number of nitrogens with one attached hydrogen (secondary N) is 1. The van der Waals surface area contributed by atoms with Gasteiger partial charge in [0.05, 0.1) is 15.6 Å². The van der Waals surface area contributed by atoms with E-state index in [0.29, 0.717) is 18.0 Å². The van der Waals surface area contributed by atoms with Crippen LogP contribution in [0.15, 0.2) is 23.1 Å². The summed E-state index contributed by atoms with van der Waals surface area (Å²) in [5.74, 6) is -0.990. The maximum Gasteiger partial charge on any atom is 0.283 e. The SMILES string of the molecule is NCCNC(=O)CSc1ccc(C(N)=O)cc1[N+](=O)[O-]. The molecule has 0 saturated heterocycles. The lowest BCUT2D eigenvalue weighted by molar-refractivity contribution is -0.387. The Morgan fingerprint density at radius 2 is 2.10 bits per heavy atom. The first-order valence-electron chi connectivity index (χ1n) is 5.63. The van der Waals surface area contributed by atoms with Crippen molar-refractivity contribution in [2.75, 3.05) is 18.8 Å². The van der Waals surface area contributed by atoms with Gasteiger partial charge in [-0.3, -0.25) is 19.7 Å². The Balaban J connectivity index is 2.81. The zero-order valence-corrected chi connectivity index (χ0v) is 11.3. The largest absolute Gasteiger partial charge is 0.366 e. The van der Waals surface area contributed by atoms with Crippen molar-refractivity contribution in [3.05, 3.63) is 33.9 Å². The maximum absolute atomic E-state index is 11.4. The predicted octanol–water partition coefficient (Wildman–Crippen LogP) is -0.139. The third kappa shape index (κ3) is 4.52. The minimum absolute atomic E-state index is 0.0246. The molecule has 0 bridgehead atoms. The number of hydrogen-bond donors (Lipinski definition) is 3. The molecule has 0 aromatic heterocycles. The second-order valence-corrected chi connectivity index (χ2v) is 4.75. The van der Waals surface area contributed by atoms with Crippen LogP contribution in [-0.4, -0.2) is 35.6 Å². The van der Waals surface area contributed by atoms with Gasteiger partial charge in [-0.25, -0.2) is 0 Å². The number of benzene rings is 1. The predicted molar refractivity (Wildman–Crippen MR) is 74.4 cm³/mol. The average Bonchev–Trinajstić information content (AvgIpc) is 2.42. The van der Waals surface area contributed by atoms with Gasteiger partial charge in [-0.15, -0.1) is 11.8 Å². The molecular weight excluding hydrogens is 284 g/mol. The Labute approximate surface area is 119 Å². The fourth-order valence-corrected chi connectivity index (χ4v) is 2.18. The normalized spacial score (nSPS) is 10.1. The van der Waals surface area contributed by atoms with Crippen molar-refractivity contribution in [2.45, 2.75) is 4.90 Å². The lowest BCUT2D eigenvalue weighted by Gasteiger charge is -2.05. The first-order chi connectivity index (χ1) is 9.45. The summed E-state index contributed by atoms with van der Waals surface area (Å²) in [7, 11) is 0. The Morgan fingerprint density at radius 3 is 2.65 bits per heavy atom. The van der Waals surface area contributed by atoms with Gasteiger partial charge in [0, 0.05) is 24.7 Å². The summed E-state index contributed by atoms with van der Waals surface area (Å²) in [5, 5.41) is 13.5. The van der Waals surface area contributed by atoms with Gasteiger partial charge in [0.1, 0.15) is 0 Å². The van der Waals surface area contributed by atoms with Crippen LogP contribution in [0, 0.1) is 10.1 Å². The van der Waals surface area contributed by atoms with Gasteiger partial charge >= 0.3 is 0 Å².